The molecule has 5 nitrogen and oxygen atoms in total. The van der Waals surface area contributed by atoms with Gasteiger partial charge in [0.1, 0.15) is 11.6 Å². The molecule has 7 heteroatoms. The van der Waals surface area contributed by atoms with Gasteiger partial charge in [0.2, 0.25) is 0 Å². The molecule has 0 N–H and O–H groups in total. The number of carbonyl (C=O) groups excluding carboxylic acids is 2. The van der Waals surface area contributed by atoms with E-state index in [0.29, 0.717) is 17.0 Å². The Kier molecular flexibility index (Phi) is 5.15. The van der Waals surface area contributed by atoms with Gasteiger partial charge in [-0.25, -0.2) is 4.39 Å². The maximum Gasteiger partial charge on any atom is 0.293 e. The first-order chi connectivity index (χ1) is 13.9. The topological polar surface area (TPSA) is 55.5 Å². The highest BCUT2D eigenvalue weighted by Gasteiger charge is 2.35. The molecule has 1 aliphatic heterocycles. The SMILES string of the molecule is Cc1cc(/C=C2\SC(=O)N(Cc3ccccc3F)C2=O)c(C)n1Cc1ccco1. The molecule has 1 saturated heterocycles. The smallest absolute Gasteiger partial charge is 0.293 e. The van der Waals surface area contributed by atoms with Crippen LogP contribution in [0.3, 0.4) is 0 Å². The minimum Gasteiger partial charge on any atom is -0.467 e. The summed E-state index contributed by atoms with van der Waals surface area (Å²) in [6, 6.07) is 11.9. The Morgan fingerprint density at radius 1 is 1.10 bits per heavy atom. The lowest BCUT2D eigenvalue weighted by Crippen LogP contribution is -2.27. The molecular formula is C22H19FN2O3S. The number of hydrogen-bond acceptors (Lipinski definition) is 4. The molecule has 1 aliphatic rings. The molecule has 3 heterocycles. The second kappa shape index (κ2) is 7.75. The van der Waals surface area contributed by atoms with Crippen LogP contribution >= 0.6 is 11.8 Å². The molecular weight excluding hydrogens is 391 g/mol. The van der Waals surface area contributed by atoms with Gasteiger partial charge >= 0.3 is 0 Å². The van der Waals surface area contributed by atoms with E-state index in [1.165, 1.54) is 6.07 Å². The molecule has 0 bridgehead atoms. The molecule has 0 aliphatic carbocycles. The summed E-state index contributed by atoms with van der Waals surface area (Å²) in [4.78, 5) is 26.5. The first-order valence-corrected chi connectivity index (χ1v) is 9.93. The predicted octanol–water partition coefficient (Wildman–Crippen LogP) is 5.12. The van der Waals surface area contributed by atoms with Crippen LogP contribution in [0.5, 0.6) is 0 Å². The summed E-state index contributed by atoms with van der Waals surface area (Å²) in [6.07, 6.45) is 3.36. The van der Waals surface area contributed by atoms with Gasteiger partial charge in [0.05, 0.1) is 24.3 Å². The van der Waals surface area contributed by atoms with E-state index in [9.17, 15) is 14.0 Å². The van der Waals surface area contributed by atoms with Crippen LogP contribution in [0.25, 0.3) is 6.08 Å². The van der Waals surface area contributed by atoms with Crippen LogP contribution in [0, 0.1) is 19.7 Å². The van der Waals surface area contributed by atoms with E-state index >= 15 is 0 Å². The highest BCUT2D eigenvalue weighted by molar-refractivity contribution is 8.18. The average Bonchev–Trinajstić information content (AvgIpc) is 3.36. The van der Waals surface area contributed by atoms with E-state index in [1.54, 1.807) is 30.5 Å². The largest absolute Gasteiger partial charge is 0.467 e. The number of nitrogens with zero attached hydrogens (tertiary/aromatic N) is 2. The van der Waals surface area contributed by atoms with Crippen molar-refractivity contribution < 1.29 is 18.4 Å². The zero-order valence-electron chi connectivity index (χ0n) is 16.0. The van der Waals surface area contributed by atoms with Gasteiger partial charge in [-0.15, -0.1) is 0 Å². The molecule has 0 radical (unpaired) electrons. The number of aromatic nitrogens is 1. The Bertz CT molecular complexity index is 1120. The number of furan rings is 1. The molecule has 148 valence electrons. The van der Waals surface area contributed by atoms with Crippen LogP contribution in [0.4, 0.5) is 9.18 Å². The quantitative estimate of drug-likeness (QED) is 0.548. The molecule has 0 spiro atoms. The Hall–Kier alpha value is -3.06. The second-order valence-electron chi connectivity index (χ2n) is 6.85. The highest BCUT2D eigenvalue weighted by atomic mass is 32.2. The first-order valence-electron chi connectivity index (χ1n) is 9.12. The summed E-state index contributed by atoms with van der Waals surface area (Å²) in [5, 5.41) is -0.395. The summed E-state index contributed by atoms with van der Waals surface area (Å²) in [6.45, 7) is 4.46. The number of thioether (sulfide) groups is 1. The average molecular weight is 410 g/mol. The van der Waals surface area contributed by atoms with Crippen molar-refractivity contribution in [3.8, 4) is 0 Å². The minimum atomic E-state index is -0.433. The van der Waals surface area contributed by atoms with Crippen molar-refractivity contribution in [1.29, 1.82) is 0 Å². The molecule has 0 saturated carbocycles. The number of imide groups is 1. The Balaban J connectivity index is 1.58. The highest BCUT2D eigenvalue weighted by Crippen LogP contribution is 2.34. The van der Waals surface area contributed by atoms with Gasteiger partial charge in [-0.1, -0.05) is 18.2 Å². The van der Waals surface area contributed by atoms with Crippen molar-refractivity contribution in [3.63, 3.8) is 0 Å². The zero-order chi connectivity index (χ0) is 20.5. The first kappa shape index (κ1) is 19.3. The van der Waals surface area contributed by atoms with Gasteiger partial charge < -0.3 is 8.98 Å². The molecule has 1 aromatic carbocycles. The van der Waals surface area contributed by atoms with Crippen molar-refractivity contribution in [1.82, 2.24) is 9.47 Å². The Morgan fingerprint density at radius 3 is 2.62 bits per heavy atom. The molecule has 2 aromatic heterocycles. The standard InChI is InChI=1S/C22H19FN2O3S/c1-14-10-17(15(2)24(14)13-18-7-5-9-28-18)11-20-21(26)25(22(27)29-20)12-16-6-3-4-8-19(16)23/h3-11H,12-13H2,1-2H3/b20-11-. The van der Waals surface area contributed by atoms with E-state index < -0.39 is 17.0 Å². The number of carbonyl (C=O) groups is 2. The third-order valence-corrected chi connectivity index (χ3v) is 5.86. The number of aryl methyl sites for hydroxylation is 1. The maximum atomic E-state index is 13.9. The van der Waals surface area contributed by atoms with E-state index in [4.69, 9.17) is 4.42 Å². The summed E-state index contributed by atoms with van der Waals surface area (Å²) >= 11 is 0.879. The van der Waals surface area contributed by atoms with Crippen molar-refractivity contribution in [3.05, 3.63) is 87.7 Å². The van der Waals surface area contributed by atoms with E-state index in [2.05, 4.69) is 4.57 Å². The lowest BCUT2D eigenvalue weighted by atomic mass is 10.2. The van der Waals surface area contributed by atoms with Gasteiger partial charge in [0.25, 0.3) is 11.1 Å². The van der Waals surface area contributed by atoms with Gasteiger partial charge in [0.15, 0.2) is 0 Å². The van der Waals surface area contributed by atoms with Crippen LogP contribution in [-0.4, -0.2) is 20.6 Å². The van der Waals surface area contributed by atoms with Gasteiger partial charge in [-0.3, -0.25) is 14.5 Å². The van der Waals surface area contributed by atoms with E-state index in [0.717, 1.165) is 39.4 Å². The zero-order valence-corrected chi connectivity index (χ0v) is 16.8. The van der Waals surface area contributed by atoms with Gasteiger partial charge in [0, 0.05) is 17.0 Å². The Morgan fingerprint density at radius 2 is 1.90 bits per heavy atom. The van der Waals surface area contributed by atoms with Crippen LogP contribution in [-0.2, 0) is 17.9 Å². The summed E-state index contributed by atoms with van der Waals surface area (Å²) < 4.78 is 21.4. The number of rotatable bonds is 5. The fourth-order valence-electron chi connectivity index (χ4n) is 3.35. The predicted molar refractivity (Wildman–Crippen MR) is 110 cm³/mol. The molecule has 29 heavy (non-hydrogen) atoms. The van der Waals surface area contributed by atoms with Crippen LogP contribution in [0.2, 0.25) is 0 Å². The van der Waals surface area contributed by atoms with Crippen molar-refractivity contribution >= 4 is 29.0 Å². The summed E-state index contributed by atoms with van der Waals surface area (Å²) in [5.41, 5.74) is 3.17. The minimum absolute atomic E-state index is 0.0772. The monoisotopic (exact) mass is 410 g/mol. The molecule has 4 rings (SSSR count). The number of amides is 2. The fourth-order valence-corrected chi connectivity index (χ4v) is 4.18. The second-order valence-corrected chi connectivity index (χ2v) is 7.84. The van der Waals surface area contributed by atoms with Crippen molar-refractivity contribution in [2.45, 2.75) is 26.9 Å². The molecule has 1 fully saturated rings. The molecule has 2 amide bonds. The van der Waals surface area contributed by atoms with Crippen molar-refractivity contribution in [2.24, 2.45) is 0 Å². The van der Waals surface area contributed by atoms with E-state index in [-0.39, 0.29) is 6.54 Å². The molecule has 0 unspecified atom stereocenters. The Labute approximate surface area is 171 Å². The third-order valence-electron chi connectivity index (χ3n) is 4.95. The summed E-state index contributed by atoms with van der Waals surface area (Å²) in [7, 11) is 0. The van der Waals surface area contributed by atoms with Gasteiger partial charge in [-0.2, -0.15) is 0 Å². The number of hydrogen-bond donors (Lipinski definition) is 0. The fraction of sp³-hybridized carbons (Fsp3) is 0.182. The van der Waals surface area contributed by atoms with Gasteiger partial charge in [-0.05, 0) is 61.5 Å². The van der Waals surface area contributed by atoms with Crippen LogP contribution in [0.1, 0.15) is 28.3 Å². The van der Waals surface area contributed by atoms with Crippen molar-refractivity contribution in [2.75, 3.05) is 0 Å². The third kappa shape index (κ3) is 3.78. The molecule has 3 aromatic rings. The number of benzene rings is 1. The van der Waals surface area contributed by atoms with E-state index in [1.807, 2.05) is 32.0 Å². The summed E-state index contributed by atoms with van der Waals surface area (Å²) in [5.74, 6) is -0.000321. The molecule has 0 atom stereocenters. The lowest BCUT2D eigenvalue weighted by molar-refractivity contribution is -0.123. The van der Waals surface area contributed by atoms with Crippen LogP contribution < -0.4 is 0 Å². The normalized spacial score (nSPS) is 15.7. The maximum absolute atomic E-state index is 13.9. The number of halogens is 1. The van der Waals surface area contributed by atoms with Crippen LogP contribution in [0.15, 0.2) is 58.1 Å². The lowest BCUT2D eigenvalue weighted by Gasteiger charge is -2.12.